The van der Waals surface area contributed by atoms with Crippen LogP contribution in [0, 0.1) is 15.9 Å². The van der Waals surface area contributed by atoms with Crippen molar-refractivity contribution in [2.45, 2.75) is 37.6 Å². The van der Waals surface area contributed by atoms with E-state index in [1.165, 1.54) is 6.92 Å². The number of non-ortho nitro benzene ring substituents is 1. The number of benzene rings is 1. The zero-order valence-corrected chi connectivity index (χ0v) is 12.1. The summed E-state index contributed by atoms with van der Waals surface area (Å²) in [5, 5.41) is 13.3. The highest BCUT2D eigenvalue weighted by atomic mass is 32.1. The van der Waals surface area contributed by atoms with Crippen molar-refractivity contribution in [1.82, 2.24) is 5.32 Å². The smallest absolute Gasteiger partial charge is 0.270 e. The maximum absolute atomic E-state index is 14.4. The zero-order chi connectivity index (χ0) is 16.0. The Bertz CT molecular complexity index is 623. The van der Waals surface area contributed by atoms with E-state index in [1.54, 1.807) is 0 Å². The molecule has 1 N–H and O–H groups in total. The van der Waals surface area contributed by atoms with Crippen molar-refractivity contribution in [3.63, 3.8) is 0 Å². The third-order valence-electron chi connectivity index (χ3n) is 3.76. The van der Waals surface area contributed by atoms with E-state index in [9.17, 15) is 23.3 Å². The molecular weight excluding hydrogens is 305 g/mol. The summed E-state index contributed by atoms with van der Waals surface area (Å²) in [6.07, 6.45) is -2.34. The van der Waals surface area contributed by atoms with Crippen molar-refractivity contribution in [1.29, 1.82) is 0 Å². The van der Waals surface area contributed by atoms with Gasteiger partial charge in [-0.2, -0.15) is 0 Å². The average Bonchev–Trinajstić information content (AvgIpc) is 2.36. The van der Waals surface area contributed by atoms with E-state index in [2.05, 4.69) is 5.32 Å². The van der Waals surface area contributed by atoms with Crippen LogP contribution in [0.25, 0.3) is 0 Å². The first-order chi connectivity index (χ1) is 9.58. The Morgan fingerprint density at radius 2 is 2.10 bits per heavy atom. The summed E-state index contributed by atoms with van der Waals surface area (Å²) in [5.74, 6) is -0.816. The Morgan fingerprint density at radius 3 is 2.67 bits per heavy atom. The molecule has 0 spiro atoms. The monoisotopic (exact) mass is 318 g/mol. The number of nitro benzene ring substituents is 1. The molecule has 0 bridgehead atoms. The van der Waals surface area contributed by atoms with Crippen molar-refractivity contribution in [2.24, 2.45) is 0 Å². The predicted octanol–water partition coefficient (Wildman–Crippen LogP) is 3.34. The highest BCUT2D eigenvalue weighted by molar-refractivity contribution is 7.80. The molecule has 1 aliphatic rings. The van der Waals surface area contributed by atoms with Crippen LogP contribution >= 0.6 is 12.2 Å². The van der Waals surface area contributed by atoms with Gasteiger partial charge >= 0.3 is 0 Å². The zero-order valence-electron chi connectivity index (χ0n) is 11.3. The Balaban J connectivity index is 2.52. The first-order valence-electron chi connectivity index (χ1n) is 6.18. The minimum Gasteiger partial charge on any atom is -0.365 e. The minimum absolute atomic E-state index is 0.246. The van der Waals surface area contributed by atoms with Gasteiger partial charge in [0.1, 0.15) is 17.0 Å². The summed E-state index contributed by atoms with van der Waals surface area (Å²) in [5.41, 5.74) is -4.31. The third-order valence-corrected chi connectivity index (χ3v) is 4.28. The number of rotatable bonds is 2. The van der Waals surface area contributed by atoms with Crippen molar-refractivity contribution in [2.75, 3.05) is 0 Å². The van der Waals surface area contributed by atoms with Crippen LogP contribution in [0.3, 0.4) is 0 Å². The lowest BCUT2D eigenvalue weighted by Crippen LogP contribution is -2.61. The summed E-state index contributed by atoms with van der Waals surface area (Å²) >= 11 is 4.86. The van der Waals surface area contributed by atoms with E-state index in [0.29, 0.717) is 0 Å². The molecule has 3 atom stereocenters. The average molecular weight is 318 g/mol. The fourth-order valence-electron chi connectivity index (χ4n) is 2.34. The molecule has 1 fully saturated rings. The predicted molar refractivity (Wildman–Crippen MR) is 75.2 cm³/mol. The van der Waals surface area contributed by atoms with Gasteiger partial charge < -0.3 is 5.32 Å². The highest BCUT2D eigenvalue weighted by Crippen LogP contribution is 2.40. The molecule has 8 heteroatoms. The van der Waals surface area contributed by atoms with Gasteiger partial charge in [0.15, 0.2) is 5.67 Å². The fourth-order valence-corrected chi connectivity index (χ4v) is 2.63. The number of halogens is 3. The molecule has 0 amide bonds. The Morgan fingerprint density at radius 1 is 1.48 bits per heavy atom. The number of hydrogen-bond donors (Lipinski definition) is 1. The molecule has 1 saturated heterocycles. The van der Waals surface area contributed by atoms with Crippen LogP contribution in [0.2, 0.25) is 0 Å². The lowest BCUT2D eigenvalue weighted by atomic mass is 9.78. The van der Waals surface area contributed by atoms with Crippen LogP contribution < -0.4 is 5.32 Å². The van der Waals surface area contributed by atoms with E-state index in [4.69, 9.17) is 12.2 Å². The number of thiocarbonyl (C=S) groups is 1. The van der Waals surface area contributed by atoms with Crippen molar-refractivity contribution >= 4 is 22.9 Å². The van der Waals surface area contributed by atoms with Crippen LogP contribution in [0.5, 0.6) is 0 Å². The van der Waals surface area contributed by atoms with E-state index in [0.717, 1.165) is 25.1 Å². The van der Waals surface area contributed by atoms with Gasteiger partial charge in [0, 0.05) is 24.1 Å². The van der Waals surface area contributed by atoms with Gasteiger partial charge in [0.25, 0.3) is 5.69 Å². The number of nitro groups is 1. The first-order valence-corrected chi connectivity index (χ1v) is 6.59. The van der Waals surface area contributed by atoms with Gasteiger partial charge in [-0.1, -0.05) is 12.2 Å². The molecule has 2 rings (SSSR count). The summed E-state index contributed by atoms with van der Waals surface area (Å²) in [4.78, 5) is 9.83. The van der Waals surface area contributed by atoms with Crippen molar-refractivity contribution in [3.8, 4) is 0 Å². The summed E-state index contributed by atoms with van der Waals surface area (Å²) < 4.78 is 42.4. The normalized spacial score (nSPS) is 32.6. The Hall–Kier alpha value is -1.70. The first kappa shape index (κ1) is 15.7. The summed E-state index contributed by atoms with van der Waals surface area (Å²) in [6, 6.07) is 2.81. The maximum atomic E-state index is 14.4. The van der Waals surface area contributed by atoms with Gasteiger partial charge in [-0.3, -0.25) is 10.1 Å². The van der Waals surface area contributed by atoms with Gasteiger partial charge in [-0.05, 0) is 19.9 Å². The standard InChI is InChI=1S/C13H13F3N2O2S/c1-12(16)6-10(15)13(2,17-11(12)21)8-5-7(18(19)20)3-4-9(8)14/h3-5,10H,6H2,1-2H3,(H,17,21)/t10-,12+,13-/m1/s1. The molecule has 21 heavy (non-hydrogen) atoms. The molecule has 114 valence electrons. The Labute approximate surface area is 124 Å². The van der Waals surface area contributed by atoms with Gasteiger partial charge in [0.2, 0.25) is 0 Å². The lowest BCUT2D eigenvalue weighted by Gasteiger charge is -2.44. The minimum atomic E-state index is -2.04. The van der Waals surface area contributed by atoms with Crippen LogP contribution in [-0.4, -0.2) is 21.8 Å². The Kier molecular flexibility index (Phi) is 3.69. The van der Waals surface area contributed by atoms with Crippen LogP contribution in [0.4, 0.5) is 18.9 Å². The van der Waals surface area contributed by atoms with Crippen LogP contribution in [-0.2, 0) is 5.54 Å². The van der Waals surface area contributed by atoms with Gasteiger partial charge in [0.05, 0.1) is 10.5 Å². The van der Waals surface area contributed by atoms with E-state index in [1.807, 2.05) is 0 Å². The molecule has 1 aromatic rings. The molecule has 4 nitrogen and oxygen atoms in total. The quantitative estimate of drug-likeness (QED) is 0.516. The number of nitrogens with zero attached hydrogens (tertiary/aromatic N) is 1. The third kappa shape index (κ3) is 2.59. The molecule has 0 aromatic heterocycles. The van der Waals surface area contributed by atoms with Crippen molar-refractivity contribution < 1.29 is 18.1 Å². The maximum Gasteiger partial charge on any atom is 0.270 e. The highest BCUT2D eigenvalue weighted by Gasteiger charge is 2.50. The topological polar surface area (TPSA) is 55.2 Å². The molecule has 0 saturated carbocycles. The number of alkyl halides is 2. The SMILES string of the molecule is C[C@]1(F)C[C@@H](F)[C@@](C)(c2cc([N+](=O)[O-])ccc2F)NC1=S. The second-order valence-corrected chi connectivity index (χ2v) is 5.86. The second kappa shape index (κ2) is 4.94. The number of nitrogens with one attached hydrogen (secondary N) is 1. The summed E-state index contributed by atoms with van der Waals surface area (Å²) in [7, 11) is 0. The summed E-state index contributed by atoms with van der Waals surface area (Å²) in [6.45, 7) is 2.44. The van der Waals surface area contributed by atoms with E-state index >= 15 is 0 Å². The van der Waals surface area contributed by atoms with Crippen LogP contribution in [0.1, 0.15) is 25.8 Å². The lowest BCUT2D eigenvalue weighted by molar-refractivity contribution is -0.385. The van der Waals surface area contributed by atoms with E-state index < -0.39 is 34.5 Å². The molecule has 0 unspecified atom stereocenters. The van der Waals surface area contributed by atoms with E-state index in [-0.39, 0.29) is 16.2 Å². The molecule has 0 aliphatic carbocycles. The number of hydrogen-bond acceptors (Lipinski definition) is 3. The molecule has 1 heterocycles. The van der Waals surface area contributed by atoms with Gasteiger partial charge in [-0.25, -0.2) is 13.2 Å². The van der Waals surface area contributed by atoms with Gasteiger partial charge in [-0.15, -0.1) is 0 Å². The van der Waals surface area contributed by atoms with Crippen LogP contribution in [0.15, 0.2) is 18.2 Å². The molecular formula is C13H13F3N2O2S. The van der Waals surface area contributed by atoms with Crippen molar-refractivity contribution in [3.05, 3.63) is 39.7 Å². The second-order valence-electron chi connectivity index (χ2n) is 5.45. The fraction of sp³-hybridized carbons (Fsp3) is 0.462. The molecule has 0 radical (unpaired) electrons. The number of piperidine rings is 1. The largest absolute Gasteiger partial charge is 0.365 e. The molecule has 1 aliphatic heterocycles. The molecule has 1 aromatic carbocycles.